The summed E-state index contributed by atoms with van der Waals surface area (Å²) in [6.07, 6.45) is 0.572. The average molecular weight is 185 g/mol. The molecule has 0 amide bonds. The van der Waals surface area contributed by atoms with Crippen LogP contribution in [0.5, 0.6) is 0 Å². The molecule has 0 unspecified atom stereocenters. The summed E-state index contributed by atoms with van der Waals surface area (Å²) in [5.41, 5.74) is 0.248. The first kappa shape index (κ1) is 8.74. The maximum Gasteiger partial charge on any atom is 0.337 e. The first-order valence-corrected chi connectivity index (χ1v) is 3.51. The highest BCUT2D eigenvalue weighted by atomic mass is 35.5. The molecule has 1 aromatic rings. The fourth-order valence-electron chi connectivity index (χ4n) is 0.780. The Morgan fingerprint density at radius 3 is 2.67 bits per heavy atom. The Kier molecular flexibility index (Phi) is 2.45. The fraction of sp³-hybridized carbons (Fsp3) is 0. The number of aromatic carboxylic acids is 1. The van der Waals surface area contributed by atoms with E-state index in [0.717, 1.165) is 0 Å². The van der Waals surface area contributed by atoms with E-state index in [1.165, 1.54) is 18.2 Å². The molecule has 0 aliphatic carbocycles. The van der Waals surface area contributed by atoms with Crippen LogP contribution in [-0.4, -0.2) is 17.4 Å². The summed E-state index contributed by atoms with van der Waals surface area (Å²) >= 11 is 5.55. The molecule has 0 fully saturated rings. The Morgan fingerprint density at radius 1 is 1.50 bits per heavy atom. The second-order valence-corrected chi connectivity index (χ2v) is 2.57. The van der Waals surface area contributed by atoms with Crippen molar-refractivity contribution in [2.75, 3.05) is 0 Å². The van der Waals surface area contributed by atoms with Crippen LogP contribution in [0.4, 0.5) is 0 Å². The van der Waals surface area contributed by atoms with Crippen LogP contribution in [0.15, 0.2) is 18.2 Å². The maximum atomic E-state index is 10.5. The summed E-state index contributed by atoms with van der Waals surface area (Å²) in [6, 6.07) is 4.08. The Morgan fingerprint density at radius 2 is 2.17 bits per heavy atom. The molecular formula is C8H5ClO3. The molecule has 3 nitrogen and oxygen atoms in total. The van der Waals surface area contributed by atoms with Crippen molar-refractivity contribution in [1.82, 2.24) is 0 Å². The van der Waals surface area contributed by atoms with Gasteiger partial charge >= 0.3 is 5.97 Å². The van der Waals surface area contributed by atoms with Gasteiger partial charge in [0.2, 0.25) is 0 Å². The number of benzene rings is 1. The fourth-order valence-corrected chi connectivity index (χ4v) is 0.978. The molecule has 0 heterocycles. The van der Waals surface area contributed by atoms with Crippen molar-refractivity contribution < 1.29 is 14.7 Å². The van der Waals surface area contributed by atoms with Gasteiger partial charge in [-0.15, -0.1) is 0 Å². The topological polar surface area (TPSA) is 54.4 Å². The van der Waals surface area contributed by atoms with Crippen LogP contribution >= 0.6 is 11.6 Å². The molecule has 0 spiro atoms. The normalized spacial score (nSPS) is 9.42. The predicted molar refractivity (Wildman–Crippen MR) is 43.8 cm³/mol. The van der Waals surface area contributed by atoms with Crippen molar-refractivity contribution in [3.05, 3.63) is 34.3 Å². The number of carboxylic acid groups (broad SMARTS) is 1. The molecule has 12 heavy (non-hydrogen) atoms. The molecular weight excluding hydrogens is 180 g/mol. The summed E-state index contributed by atoms with van der Waals surface area (Å²) < 4.78 is 0. The van der Waals surface area contributed by atoms with Crippen molar-refractivity contribution in [2.45, 2.75) is 0 Å². The van der Waals surface area contributed by atoms with Crippen molar-refractivity contribution in [2.24, 2.45) is 0 Å². The quantitative estimate of drug-likeness (QED) is 0.714. The van der Waals surface area contributed by atoms with E-state index in [1.54, 1.807) is 0 Å². The standard InChI is InChI=1S/C8H5ClO3/c9-7-2-1-5(4-10)3-6(7)8(11)12/h1-4H,(H,11,12). The van der Waals surface area contributed by atoms with Crippen LogP contribution in [0.2, 0.25) is 5.02 Å². The van der Waals surface area contributed by atoms with Gasteiger partial charge in [0, 0.05) is 5.56 Å². The Bertz CT molecular complexity index is 333. The van der Waals surface area contributed by atoms with Gasteiger partial charge in [-0.1, -0.05) is 17.7 Å². The number of hydrogen-bond donors (Lipinski definition) is 1. The molecule has 1 rings (SSSR count). The molecule has 0 radical (unpaired) electrons. The van der Waals surface area contributed by atoms with Gasteiger partial charge in [0.15, 0.2) is 0 Å². The number of hydrogen-bond acceptors (Lipinski definition) is 2. The van der Waals surface area contributed by atoms with Gasteiger partial charge in [0.25, 0.3) is 0 Å². The number of rotatable bonds is 2. The van der Waals surface area contributed by atoms with Gasteiger partial charge in [-0.2, -0.15) is 0 Å². The first-order valence-electron chi connectivity index (χ1n) is 3.13. The van der Waals surface area contributed by atoms with E-state index in [4.69, 9.17) is 16.7 Å². The zero-order valence-corrected chi connectivity index (χ0v) is 6.71. The van der Waals surface area contributed by atoms with Crippen LogP contribution in [0.1, 0.15) is 20.7 Å². The minimum Gasteiger partial charge on any atom is -0.478 e. The molecule has 0 aromatic heterocycles. The summed E-state index contributed by atoms with van der Waals surface area (Å²) in [6.45, 7) is 0. The third-order valence-electron chi connectivity index (χ3n) is 1.36. The molecule has 1 aromatic carbocycles. The highest BCUT2D eigenvalue weighted by Crippen LogP contribution is 2.16. The third-order valence-corrected chi connectivity index (χ3v) is 1.69. The van der Waals surface area contributed by atoms with Crippen molar-refractivity contribution in [1.29, 1.82) is 0 Å². The van der Waals surface area contributed by atoms with Crippen molar-refractivity contribution in [3.63, 3.8) is 0 Å². The smallest absolute Gasteiger partial charge is 0.337 e. The largest absolute Gasteiger partial charge is 0.478 e. The van der Waals surface area contributed by atoms with E-state index < -0.39 is 5.97 Å². The Labute approximate surface area is 73.6 Å². The van der Waals surface area contributed by atoms with Crippen LogP contribution in [0, 0.1) is 0 Å². The van der Waals surface area contributed by atoms with Crippen molar-refractivity contribution in [3.8, 4) is 0 Å². The van der Waals surface area contributed by atoms with Gasteiger partial charge in [-0.05, 0) is 12.1 Å². The van der Waals surface area contributed by atoms with Gasteiger partial charge in [0.1, 0.15) is 6.29 Å². The van der Waals surface area contributed by atoms with Gasteiger partial charge in [-0.3, -0.25) is 4.79 Å². The zero-order valence-electron chi connectivity index (χ0n) is 5.95. The van der Waals surface area contributed by atoms with E-state index >= 15 is 0 Å². The van der Waals surface area contributed by atoms with Gasteiger partial charge in [0.05, 0.1) is 10.6 Å². The molecule has 62 valence electrons. The van der Waals surface area contributed by atoms with E-state index in [0.29, 0.717) is 11.8 Å². The number of halogens is 1. The second kappa shape index (κ2) is 3.36. The summed E-state index contributed by atoms with van der Waals surface area (Å²) in [5, 5.41) is 8.72. The van der Waals surface area contributed by atoms with Crippen LogP contribution < -0.4 is 0 Å². The highest BCUT2D eigenvalue weighted by Gasteiger charge is 2.08. The van der Waals surface area contributed by atoms with Gasteiger partial charge in [-0.25, -0.2) is 4.79 Å². The lowest BCUT2D eigenvalue weighted by Gasteiger charge is -1.97. The SMILES string of the molecule is O=Cc1ccc(Cl)c(C(=O)O)c1. The van der Waals surface area contributed by atoms with E-state index in [2.05, 4.69) is 0 Å². The number of carbonyl (C=O) groups is 2. The summed E-state index contributed by atoms with van der Waals surface area (Å²) in [4.78, 5) is 20.7. The minimum atomic E-state index is -1.14. The zero-order chi connectivity index (χ0) is 9.14. The molecule has 0 aliphatic heterocycles. The molecule has 0 atom stereocenters. The van der Waals surface area contributed by atoms with Crippen molar-refractivity contribution >= 4 is 23.9 Å². The lowest BCUT2D eigenvalue weighted by Crippen LogP contribution is -1.98. The third kappa shape index (κ3) is 1.62. The second-order valence-electron chi connectivity index (χ2n) is 2.16. The minimum absolute atomic E-state index is 0.0544. The number of carbonyl (C=O) groups excluding carboxylic acids is 1. The molecule has 0 aliphatic rings. The predicted octanol–water partition coefficient (Wildman–Crippen LogP) is 1.85. The summed E-state index contributed by atoms with van der Waals surface area (Å²) in [7, 11) is 0. The van der Waals surface area contributed by atoms with E-state index in [-0.39, 0.29) is 10.6 Å². The van der Waals surface area contributed by atoms with Crippen LogP contribution in [-0.2, 0) is 0 Å². The van der Waals surface area contributed by atoms with Crippen LogP contribution in [0.25, 0.3) is 0 Å². The number of carboxylic acids is 1. The molecule has 4 heteroatoms. The van der Waals surface area contributed by atoms with E-state index in [1.807, 2.05) is 0 Å². The maximum absolute atomic E-state index is 10.5. The average Bonchev–Trinajstić information content (AvgIpc) is 2.05. The summed E-state index contributed by atoms with van der Waals surface area (Å²) in [5.74, 6) is -1.14. The molecule has 0 bridgehead atoms. The van der Waals surface area contributed by atoms with Crippen LogP contribution in [0.3, 0.4) is 0 Å². The molecule has 0 saturated carbocycles. The monoisotopic (exact) mass is 184 g/mol. The Balaban J connectivity index is 3.25. The van der Waals surface area contributed by atoms with E-state index in [9.17, 15) is 9.59 Å². The molecule has 1 N–H and O–H groups in total. The van der Waals surface area contributed by atoms with Gasteiger partial charge < -0.3 is 5.11 Å². The first-order chi connectivity index (χ1) is 5.65. The Hall–Kier alpha value is -1.35. The lowest BCUT2D eigenvalue weighted by molar-refractivity contribution is 0.0697. The highest BCUT2D eigenvalue weighted by molar-refractivity contribution is 6.33. The lowest BCUT2D eigenvalue weighted by atomic mass is 10.1. The number of aldehydes is 1. The molecule has 0 saturated heterocycles.